The lowest BCUT2D eigenvalue weighted by atomic mass is 10.1. The second-order valence-corrected chi connectivity index (χ2v) is 6.01. The highest BCUT2D eigenvalue weighted by atomic mass is 16.5. The standard InChI is InChI=1S/C20H24N2O6/c1-12(2)28-15-8-6-13(7-9-15)19(23)21-22-20(24)14-10-16(25-3)18(27-5)17(11-14)26-4/h6-12H,1-5H3,(H,21,23)(H,22,24). The Morgan fingerprint density at radius 3 is 1.71 bits per heavy atom. The van der Waals surface area contributed by atoms with Crippen molar-refractivity contribution in [2.45, 2.75) is 20.0 Å². The molecule has 0 saturated carbocycles. The number of carbonyl (C=O) groups is 2. The molecule has 0 aromatic heterocycles. The number of hydrogen-bond donors (Lipinski definition) is 2. The Labute approximate surface area is 163 Å². The minimum atomic E-state index is -0.535. The number of benzene rings is 2. The van der Waals surface area contributed by atoms with Crippen molar-refractivity contribution in [2.24, 2.45) is 0 Å². The second kappa shape index (κ2) is 9.50. The number of carbonyl (C=O) groups excluding carboxylic acids is 2. The summed E-state index contributed by atoms with van der Waals surface area (Å²) in [5.74, 6) is 0.699. The fourth-order valence-corrected chi connectivity index (χ4v) is 2.43. The van der Waals surface area contributed by atoms with Crippen molar-refractivity contribution < 1.29 is 28.5 Å². The van der Waals surface area contributed by atoms with E-state index in [1.54, 1.807) is 24.3 Å². The third kappa shape index (κ3) is 5.06. The molecule has 28 heavy (non-hydrogen) atoms. The SMILES string of the molecule is COc1cc(C(=O)NNC(=O)c2ccc(OC(C)C)cc2)cc(OC)c1OC. The molecule has 0 saturated heterocycles. The quantitative estimate of drug-likeness (QED) is 0.708. The molecule has 2 rings (SSSR count). The van der Waals surface area contributed by atoms with Crippen LogP contribution in [0, 0.1) is 0 Å². The van der Waals surface area contributed by atoms with Gasteiger partial charge in [-0.05, 0) is 50.2 Å². The minimum absolute atomic E-state index is 0.0393. The zero-order chi connectivity index (χ0) is 20.7. The molecule has 2 aromatic rings. The maximum Gasteiger partial charge on any atom is 0.269 e. The largest absolute Gasteiger partial charge is 0.493 e. The number of hydrazine groups is 1. The normalized spacial score (nSPS) is 10.2. The van der Waals surface area contributed by atoms with Crippen LogP contribution in [0.4, 0.5) is 0 Å². The first-order valence-electron chi connectivity index (χ1n) is 8.57. The number of methoxy groups -OCH3 is 3. The summed E-state index contributed by atoms with van der Waals surface area (Å²) in [6.07, 6.45) is 0.0393. The van der Waals surface area contributed by atoms with E-state index in [0.29, 0.717) is 28.6 Å². The maximum absolute atomic E-state index is 12.4. The lowest BCUT2D eigenvalue weighted by Crippen LogP contribution is -2.41. The summed E-state index contributed by atoms with van der Waals surface area (Å²) in [6, 6.07) is 9.57. The summed E-state index contributed by atoms with van der Waals surface area (Å²) in [7, 11) is 4.37. The Bertz CT molecular complexity index is 808. The van der Waals surface area contributed by atoms with Crippen LogP contribution in [0.5, 0.6) is 23.0 Å². The first-order chi connectivity index (χ1) is 13.4. The van der Waals surface area contributed by atoms with Crippen molar-refractivity contribution in [3.63, 3.8) is 0 Å². The molecule has 0 spiro atoms. The van der Waals surface area contributed by atoms with Crippen LogP contribution in [-0.2, 0) is 0 Å². The van der Waals surface area contributed by atoms with E-state index < -0.39 is 11.8 Å². The number of ether oxygens (including phenoxy) is 4. The van der Waals surface area contributed by atoms with Gasteiger partial charge in [0.25, 0.3) is 11.8 Å². The van der Waals surface area contributed by atoms with E-state index in [1.165, 1.54) is 33.5 Å². The van der Waals surface area contributed by atoms with E-state index in [1.807, 2.05) is 13.8 Å². The summed E-state index contributed by atoms with van der Waals surface area (Å²) < 4.78 is 21.2. The monoisotopic (exact) mass is 388 g/mol. The molecule has 2 N–H and O–H groups in total. The number of amides is 2. The summed E-state index contributed by atoms with van der Waals surface area (Å²) >= 11 is 0. The molecular weight excluding hydrogens is 364 g/mol. The number of nitrogens with one attached hydrogen (secondary N) is 2. The zero-order valence-corrected chi connectivity index (χ0v) is 16.5. The third-order valence-electron chi connectivity index (χ3n) is 3.70. The Hall–Kier alpha value is -3.42. The van der Waals surface area contributed by atoms with E-state index in [2.05, 4.69) is 10.9 Å². The minimum Gasteiger partial charge on any atom is -0.493 e. The Morgan fingerprint density at radius 2 is 1.29 bits per heavy atom. The van der Waals surface area contributed by atoms with Gasteiger partial charge in [-0.1, -0.05) is 0 Å². The molecule has 0 fully saturated rings. The predicted molar refractivity (Wildman–Crippen MR) is 103 cm³/mol. The van der Waals surface area contributed by atoms with Gasteiger partial charge >= 0.3 is 0 Å². The summed E-state index contributed by atoms with van der Waals surface area (Å²) in [4.78, 5) is 24.6. The van der Waals surface area contributed by atoms with Gasteiger partial charge in [-0.2, -0.15) is 0 Å². The molecule has 2 amide bonds. The molecule has 0 aliphatic carbocycles. The van der Waals surface area contributed by atoms with E-state index in [9.17, 15) is 9.59 Å². The van der Waals surface area contributed by atoms with Crippen LogP contribution in [0.15, 0.2) is 36.4 Å². The van der Waals surface area contributed by atoms with Gasteiger partial charge in [0.05, 0.1) is 27.4 Å². The van der Waals surface area contributed by atoms with Gasteiger partial charge in [-0.25, -0.2) is 0 Å². The second-order valence-electron chi connectivity index (χ2n) is 6.01. The molecule has 0 radical (unpaired) electrons. The number of hydrogen-bond acceptors (Lipinski definition) is 6. The van der Waals surface area contributed by atoms with Crippen LogP contribution >= 0.6 is 0 Å². The van der Waals surface area contributed by atoms with Crippen molar-refractivity contribution in [3.05, 3.63) is 47.5 Å². The van der Waals surface area contributed by atoms with E-state index in [4.69, 9.17) is 18.9 Å². The average molecular weight is 388 g/mol. The fourth-order valence-electron chi connectivity index (χ4n) is 2.43. The van der Waals surface area contributed by atoms with Gasteiger partial charge < -0.3 is 18.9 Å². The molecule has 2 aromatic carbocycles. The highest BCUT2D eigenvalue weighted by Gasteiger charge is 2.17. The highest BCUT2D eigenvalue weighted by Crippen LogP contribution is 2.38. The third-order valence-corrected chi connectivity index (χ3v) is 3.70. The van der Waals surface area contributed by atoms with Crippen LogP contribution in [0.1, 0.15) is 34.6 Å². The molecule has 0 atom stereocenters. The van der Waals surface area contributed by atoms with Gasteiger partial charge in [0.2, 0.25) is 5.75 Å². The molecule has 0 heterocycles. The van der Waals surface area contributed by atoms with Crippen LogP contribution in [-0.4, -0.2) is 39.2 Å². The molecule has 0 aliphatic heterocycles. The summed E-state index contributed by atoms with van der Waals surface area (Å²) in [5, 5.41) is 0. The van der Waals surface area contributed by atoms with Crippen LogP contribution < -0.4 is 29.8 Å². The smallest absolute Gasteiger partial charge is 0.269 e. The lowest BCUT2D eigenvalue weighted by molar-refractivity contribution is 0.0846. The molecule has 0 unspecified atom stereocenters. The van der Waals surface area contributed by atoms with Crippen LogP contribution in [0.3, 0.4) is 0 Å². The van der Waals surface area contributed by atoms with Crippen molar-refractivity contribution in [1.29, 1.82) is 0 Å². The van der Waals surface area contributed by atoms with Crippen molar-refractivity contribution in [1.82, 2.24) is 10.9 Å². The summed E-state index contributed by atoms with van der Waals surface area (Å²) in [6.45, 7) is 3.83. The van der Waals surface area contributed by atoms with Crippen molar-refractivity contribution >= 4 is 11.8 Å². The van der Waals surface area contributed by atoms with Crippen LogP contribution in [0.25, 0.3) is 0 Å². The van der Waals surface area contributed by atoms with Gasteiger partial charge in [0.15, 0.2) is 11.5 Å². The molecule has 0 aliphatic rings. The van der Waals surface area contributed by atoms with Gasteiger partial charge in [0.1, 0.15) is 5.75 Å². The molecule has 0 bridgehead atoms. The maximum atomic E-state index is 12.4. The molecule has 150 valence electrons. The van der Waals surface area contributed by atoms with Crippen molar-refractivity contribution in [3.8, 4) is 23.0 Å². The van der Waals surface area contributed by atoms with E-state index in [-0.39, 0.29) is 11.7 Å². The van der Waals surface area contributed by atoms with Crippen molar-refractivity contribution in [2.75, 3.05) is 21.3 Å². The lowest BCUT2D eigenvalue weighted by Gasteiger charge is -2.14. The van der Waals surface area contributed by atoms with Gasteiger partial charge in [0, 0.05) is 11.1 Å². The Balaban J connectivity index is 2.06. The first kappa shape index (κ1) is 20.9. The molecule has 8 nitrogen and oxygen atoms in total. The van der Waals surface area contributed by atoms with E-state index >= 15 is 0 Å². The van der Waals surface area contributed by atoms with Gasteiger partial charge in [-0.15, -0.1) is 0 Å². The zero-order valence-electron chi connectivity index (χ0n) is 16.5. The highest BCUT2D eigenvalue weighted by molar-refractivity contribution is 5.99. The van der Waals surface area contributed by atoms with E-state index in [0.717, 1.165) is 0 Å². The predicted octanol–water partition coefficient (Wildman–Crippen LogP) is 2.57. The van der Waals surface area contributed by atoms with Gasteiger partial charge in [-0.3, -0.25) is 20.4 Å². The molecule has 8 heteroatoms. The topological polar surface area (TPSA) is 95.1 Å². The number of rotatable bonds is 7. The summed E-state index contributed by atoms with van der Waals surface area (Å²) in [5.41, 5.74) is 5.34. The fraction of sp³-hybridized carbons (Fsp3) is 0.300. The van der Waals surface area contributed by atoms with Crippen LogP contribution in [0.2, 0.25) is 0 Å². The average Bonchev–Trinajstić information content (AvgIpc) is 2.70. The molecular formula is C20H24N2O6. The Kier molecular flexibility index (Phi) is 7.08. The first-order valence-corrected chi connectivity index (χ1v) is 8.57. The Morgan fingerprint density at radius 1 is 0.786 bits per heavy atom.